The van der Waals surface area contributed by atoms with Gasteiger partial charge in [0, 0.05) is 13.0 Å². The monoisotopic (exact) mass is 231 g/mol. The second kappa shape index (κ2) is 4.18. The minimum absolute atomic E-state index is 0.230. The first-order chi connectivity index (χ1) is 8.36. The minimum atomic E-state index is 0.230. The summed E-state index contributed by atoms with van der Waals surface area (Å²) in [4.78, 5) is 0. The van der Waals surface area contributed by atoms with Crippen molar-refractivity contribution in [2.24, 2.45) is 0 Å². The number of ether oxygens (including phenoxy) is 1. The molecule has 0 saturated carbocycles. The lowest BCUT2D eigenvalue weighted by atomic mass is 10.2. The molecule has 0 amide bonds. The molecule has 2 heterocycles. The Morgan fingerprint density at radius 1 is 1.18 bits per heavy atom. The van der Waals surface area contributed by atoms with E-state index in [1.54, 1.807) is 12.1 Å². The summed E-state index contributed by atoms with van der Waals surface area (Å²) >= 11 is 0. The SMILES string of the molecule is Oc1ccccc1-c1nnc2n1CCOCC2. The van der Waals surface area contributed by atoms with Gasteiger partial charge in [-0.2, -0.15) is 0 Å². The van der Waals surface area contributed by atoms with Gasteiger partial charge in [0.25, 0.3) is 0 Å². The molecule has 1 N–H and O–H groups in total. The molecular formula is C12H13N3O2. The molecule has 1 aromatic heterocycles. The van der Waals surface area contributed by atoms with E-state index in [-0.39, 0.29) is 5.75 Å². The normalized spacial score (nSPS) is 15.3. The Labute approximate surface area is 98.7 Å². The standard InChI is InChI=1S/C12H13N3O2/c16-10-4-2-1-3-9(10)12-14-13-11-5-7-17-8-6-15(11)12/h1-4,16H,5-8H2. The van der Waals surface area contributed by atoms with Gasteiger partial charge in [-0.3, -0.25) is 0 Å². The van der Waals surface area contributed by atoms with Crippen molar-refractivity contribution < 1.29 is 9.84 Å². The number of hydrogen-bond acceptors (Lipinski definition) is 4. The molecule has 2 aromatic rings. The van der Waals surface area contributed by atoms with Crippen LogP contribution in [0.5, 0.6) is 5.75 Å². The van der Waals surface area contributed by atoms with Gasteiger partial charge >= 0.3 is 0 Å². The molecule has 17 heavy (non-hydrogen) atoms. The number of fused-ring (bicyclic) bond motifs is 1. The van der Waals surface area contributed by atoms with Crippen molar-refractivity contribution >= 4 is 0 Å². The number of aromatic hydroxyl groups is 1. The number of phenolic OH excluding ortho intramolecular Hbond substituents is 1. The van der Waals surface area contributed by atoms with E-state index >= 15 is 0 Å². The average molecular weight is 231 g/mol. The highest BCUT2D eigenvalue weighted by atomic mass is 16.5. The third kappa shape index (κ3) is 1.78. The van der Waals surface area contributed by atoms with Crippen LogP contribution >= 0.6 is 0 Å². The van der Waals surface area contributed by atoms with Gasteiger partial charge in [-0.1, -0.05) is 12.1 Å². The van der Waals surface area contributed by atoms with E-state index in [9.17, 15) is 5.11 Å². The van der Waals surface area contributed by atoms with Gasteiger partial charge < -0.3 is 14.4 Å². The number of nitrogens with zero attached hydrogens (tertiary/aromatic N) is 3. The maximum atomic E-state index is 9.84. The molecule has 0 spiro atoms. The molecule has 0 bridgehead atoms. The molecule has 5 nitrogen and oxygen atoms in total. The predicted octanol–water partition coefficient (Wildman–Crippen LogP) is 1.22. The molecule has 3 rings (SSSR count). The lowest BCUT2D eigenvalue weighted by Crippen LogP contribution is -2.05. The Kier molecular flexibility index (Phi) is 2.53. The molecule has 1 aromatic carbocycles. The lowest BCUT2D eigenvalue weighted by Gasteiger charge is -2.07. The fourth-order valence-electron chi connectivity index (χ4n) is 2.04. The molecule has 5 heteroatoms. The summed E-state index contributed by atoms with van der Waals surface area (Å²) in [5.74, 6) is 1.86. The van der Waals surface area contributed by atoms with Crippen LogP contribution in [0.3, 0.4) is 0 Å². The van der Waals surface area contributed by atoms with Gasteiger partial charge in [0.2, 0.25) is 0 Å². The first kappa shape index (κ1) is 10.3. The second-order valence-corrected chi connectivity index (χ2v) is 3.97. The number of aromatic nitrogens is 3. The third-order valence-corrected chi connectivity index (χ3v) is 2.90. The number of rotatable bonds is 1. The summed E-state index contributed by atoms with van der Waals surface area (Å²) in [7, 11) is 0. The molecule has 0 radical (unpaired) electrons. The zero-order valence-corrected chi connectivity index (χ0v) is 9.33. The largest absolute Gasteiger partial charge is 0.507 e. The van der Waals surface area contributed by atoms with Crippen molar-refractivity contribution in [1.82, 2.24) is 14.8 Å². The maximum absolute atomic E-state index is 9.84. The molecular weight excluding hydrogens is 218 g/mol. The van der Waals surface area contributed by atoms with Gasteiger partial charge in [0.15, 0.2) is 5.82 Å². The summed E-state index contributed by atoms with van der Waals surface area (Å²) in [6.07, 6.45) is 0.764. The second-order valence-electron chi connectivity index (χ2n) is 3.97. The van der Waals surface area contributed by atoms with Gasteiger partial charge in [-0.05, 0) is 12.1 Å². The van der Waals surface area contributed by atoms with Crippen molar-refractivity contribution in [3.8, 4) is 17.1 Å². The van der Waals surface area contributed by atoms with Crippen LogP contribution in [0.15, 0.2) is 24.3 Å². The maximum Gasteiger partial charge on any atom is 0.167 e. The van der Waals surface area contributed by atoms with Crippen LogP contribution in [0, 0.1) is 0 Å². The molecule has 88 valence electrons. The average Bonchev–Trinajstić information content (AvgIpc) is 2.59. The summed E-state index contributed by atoms with van der Waals surface area (Å²) in [5, 5.41) is 18.2. The van der Waals surface area contributed by atoms with Crippen LogP contribution in [-0.4, -0.2) is 33.1 Å². The number of hydrogen-bond donors (Lipinski definition) is 1. The summed E-state index contributed by atoms with van der Waals surface area (Å²) in [6.45, 7) is 2.07. The Hall–Kier alpha value is -1.88. The van der Waals surface area contributed by atoms with E-state index in [0.29, 0.717) is 24.6 Å². The van der Waals surface area contributed by atoms with E-state index < -0.39 is 0 Å². The van der Waals surface area contributed by atoms with Crippen LogP contribution in [0.2, 0.25) is 0 Å². The molecule has 0 unspecified atom stereocenters. The highest BCUT2D eigenvalue weighted by Gasteiger charge is 2.17. The Morgan fingerprint density at radius 3 is 2.94 bits per heavy atom. The first-order valence-corrected chi connectivity index (χ1v) is 5.64. The Balaban J connectivity index is 2.10. The predicted molar refractivity (Wildman–Crippen MR) is 61.6 cm³/mol. The van der Waals surface area contributed by atoms with Crippen molar-refractivity contribution in [2.45, 2.75) is 13.0 Å². The molecule has 1 aliphatic heterocycles. The van der Waals surface area contributed by atoms with E-state index in [1.165, 1.54) is 0 Å². The zero-order chi connectivity index (χ0) is 11.7. The summed E-state index contributed by atoms with van der Waals surface area (Å²) in [5.41, 5.74) is 0.716. The van der Waals surface area contributed by atoms with Crippen molar-refractivity contribution in [1.29, 1.82) is 0 Å². The molecule has 1 aliphatic rings. The van der Waals surface area contributed by atoms with Crippen LogP contribution in [0.25, 0.3) is 11.4 Å². The van der Waals surface area contributed by atoms with Crippen molar-refractivity contribution in [3.63, 3.8) is 0 Å². The molecule has 0 fully saturated rings. The zero-order valence-electron chi connectivity index (χ0n) is 9.33. The van der Waals surface area contributed by atoms with Crippen LogP contribution in [0.1, 0.15) is 5.82 Å². The van der Waals surface area contributed by atoms with Gasteiger partial charge in [-0.15, -0.1) is 10.2 Å². The fourth-order valence-corrected chi connectivity index (χ4v) is 2.04. The smallest absolute Gasteiger partial charge is 0.167 e. The van der Waals surface area contributed by atoms with Gasteiger partial charge in [0.05, 0.1) is 18.8 Å². The first-order valence-electron chi connectivity index (χ1n) is 5.64. The highest BCUT2D eigenvalue weighted by molar-refractivity contribution is 5.63. The van der Waals surface area contributed by atoms with E-state index in [2.05, 4.69) is 10.2 Å². The van der Waals surface area contributed by atoms with E-state index in [4.69, 9.17) is 4.74 Å². The fraction of sp³-hybridized carbons (Fsp3) is 0.333. The quantitative estimate of drug-likeness (QED) is 0.801. The van der Waals surface area contributed by atoms with Crippen LogP contribution in [-0.2, 0) is 17.7 Å². The Morgan fingerprint density at radius 2 is 2.06 bits per heavy atom. The minimum Gasteiger partial charge on any atom is -0.507 e. The van der Waals surface area contributed by atoms with Crippen LogP contribution < -0.4 is 0 Å². The molecule has 0 aliphatic carbocycles. The van der Waals surface area contributed by atoms with Crippen molar-refractivity contribution in [3.05, 3.63) is 30.1 Å². The van der Waals surface area contributed by atoms with E-state index in [1.807, 2.05) is 16.7 Å². The summed E-state index contributed by atoms with van der Waals surface area (Å²) < 4.78 is 7.42. The number of benzene rings is 1. The molecule has 0 saturated heterocycles. The van der Waals surface area contributed by atoms with Gasteiger partial charge in [0.1, 0.15) is 11.6 Å². The van der Waals surface area contributed by atoms with Crippen molar-refractivity contribution in [2.75, 3.05) is 13.2 Å². The third-order valence-electron chi connectivity index (χ3n) is 2.90. The number of phenols is 1. The molecule has 0 atom stereocenters. The van der Waals surface area contributed by atoms with Crippen LogP contribution in [0.4, 0.5) is 0 Å². The van der Waals surface area contributed by atoms with E-state index in [0.717, 1.165) is 18.8 Å². The highest BCUT2D eigenvalue weighted by Crippen LogP contribution is 2.28. The Bertz CT molecular complexity index is 536. The number of para-hydroxylation sites is 1. The van der Waals surface area contributed by atoms with Gasteiger partial charge in [-0.25, -0.2) is 0 Å². The topological polar surface area (TPSA) is 60.2 Å². The lowest BCUT2D eigenvalue weighted by molar-refractivity contribution is 0.140. The summed E-state index contributed by atoms with van der Waals surface area (Å²) in [6, 6.07) is 7.17.